The van der Waals surface area contributed by atoms with Gasteiger partial charge < -0.3 is 10.5 Å². The first-order valence-corrected chi connectivity index (χ1v) is 4.93. The topological polar surface area (TPSA) is 38.5 Å². The first-order valence-electron chi connectivity index (χ1n) is 4.93. The number of nitrogens with two attached hydrogens (primary N) is 1. The molecule has 0 radical (unpaired) electrons. The van der Waals surface area contributed by atoms with Crippen molar-refractivity contribution >= 4 is 0 Å². The Morgan fingerprint density at radius 1 is 1.69 bits per heavy atom. The highest BCUT2D eigenvalue weighted by atomic mass is 16.5. The molecule has 3 heteroatoms. The van der Waals surface area contributed by atoms with Gasteiger partial charge in [-0.05, 0) is 18.9 Å². The third-order valence-corrected chi connectivity index (χ3v) is 2.27. The fourth-order valence-electron chi connectivity index (χ4n) is 1.60. The Labute approximate surface area is 80.5 Å². The average Bonchev–Trinajstić information content (AvgIpc) is 2.30. The number of hydrogen-bond acceptors (Lipinski definition) is 3. The van der Waals surface area contributed by atoms with E-state index >= 15 is 0 Å². The van der Waals surface area contributed by atoms with E-state index in [0.29, 0.717) is 12.6 Å². The normalized spacial score (nSPS) is 25.5. The van der Waals surface area contributed by atoms with Crippen molar-refractivity contribution in [2.24, 2.45) is 5.73 Å². The minimum atomic E-state index is 0.341. The van der Waals surface area contributed by atoms with Crippen molar-refractivity contribution in [3.63, 3.8) is 0 Å². The molecule has 1 aliphatic rings. The molecule has 1 atom stereocenters. The van der Waals surface area contributed by atoms with Gasteiger partial charge in [-0.1, -0.05) is 6.58 Å². The van der Waals surface area contributed by atoms with E-state index in [2.05, 4.69) is 18.4 Å². The van der Waals surface area contributed by atoms with Crippen LogP contribution in [-0.4, -0.2) is 43.8 Å². The third kappa shape index (κ3) is 3.89. The van der Waals surface area contributed by atoms with Crippen molar-refractivity contribution in [3.8, 4) is 0 Å². The van der Waals surface area contributed by atoms with E-state index in [4.69, 9.17) is 10.5 Å². The zero-order chi connectivity index (χ0) is 9.68. The average molecular weight is 184 g/mol. The van der Waals surface area contributed by atoms with Crippen LogP contribution < -0.4 is 5.73 Å². The standard InChI is InChI=1S/C10H20N2O/c1-9(6-11)7-12-4-3-5-13-10(2)8-12/h10H,1,3-8,11H2,2H3. The van der Waals surface area contributed by atoms with E-state index in [0.717, 1.165) is 38.2 Å². The largest absolute Gasteiger partial charge is 0.377 e. The molecule has 1 aliphatic heterocycles. The summed E-state index contributed by atoms with van der Waals surface area (Å²) in [5.41, 5.74) is 6.61. The number of rotatable bonds is 3. The summed E-state index contributed by atoms with van der Waals surface area (Å²) < 4.78 is 5.55. The number of hydrogen-bond donors (Lipinski definition) is 1. The first-order chi connectivity index (χ1) is 6.22. The van der Waals surface area contributed by atoms with Crippen LogP contribution in [0, 0.1) is 0 Å². The molecule has 76 valence electrons. The molecule has 0 aliphatic carbocycles. The fraction of sp³-hybridized carbons (Fsp3) is 0.800. The van der Waals surface area contributed by atoms with Gasteiger partial charge in [-0.3, -0.25) is 4.90 Å². The highest BCUT2D eigenvalue weighted by Gasteiger charge is 2.14. The Bertz CT molecular complexity index is 170. The summed E-state index contributed by atoms with van der Waals surface area (Å²) in [4.78, 5) is 2.37. The van der Waals surface area contributed by atoms with E-state index in [-0.39, 0.29) is 0 Å². The Morgan fingerprint density at radius 2 is 2.46 bits per heavy atom. The molecule has 0 aromatic heterocycles. The summed E-state index contributed by atoms with van der Waals surface area (Å²) in [6.45, 7) is 10.5. The molecule has 1 rings (SSSR count). The van der Waals surface area contributed by atoms with Crippen molar-refractivity contribution in [1.82, 2.24) is 4.90 Å². The second-order valence-electron chi connectivity index (χ2n) is 3.72. The number of ether oxygens (including phenoxy) is 1. The molecule has 1 unspecified atom stereocenters. The summed E-state index contributed by atoms with van der Waals surface area (Å²) >= 11 is 0. The Balaban J connectivity index is 2.34. The molecule has 1 saturated heterocycles. The summed E-state index contributed by atoms with van der Waals surface area (Å²) in [6, 6.07) is 0. The van der Waals surface area contributed by atoms with Gasteiger partial charge in [-0.2, -0.15) is 0 Å². The van der Waals surface area contributed by atoms with Gasteiger partial charge in [0.05, 0.1) is 6.10 Å². The van der Waals surface area contributed by atoms with Gasteiger partial charge in [0.2, 0.25) is 0 Å². The minimum absolute atomic E-state index is 0.341. The lowest BCUT2D eigenvalue weighted by molar-refractivity contribution is 0.0689. The van der Waals surface area contributed by atoms with Crippen LogP contribution in [0.5, 0.6) is 0 Å². The smallest absolute Gasteiger partial charge is 0.0674 e. The monoisotopic (exact) mass is 184 g/mol. The summed E-state index contributed by atoms with van der Waals surface area (Å²) in [7, 11) is 0. The molecule has 2 N–H and O–H groups in total. The fourth-order valence-corrected chi connectivity index (χ4v) is 1.60. The molecule has 0 saturated carbocycles. The summed E-state index contributed by atoms with van der Waals surface area (Å²) in [5, 5.41) is 0. The van der Waals surface area contributed by atoms with E-state index in [1.807, 2.05) is 0 Å². The predicted octanol–water partition coefficient (Wildman–Crippen LogP) is 0.612. The van der Waals surface area contributed by atoms with Crippen molar-refractivity contribution in [2.75, 3.05) is 32.8 Å². The van der Waals surface area contributed by atoms with Crippen LogP contribution in [0.2, 0.25) is 0 Å². The Morgan fingerprint density at radius 3 is 3.15 bits per heavy atom. The maximum Gasteiger partial charge on any atom is 0.0674 e. The molecule has 0 spiro atoms. The molecule has 0 aromatic rings. The van der Waals surface area contributed by atoms with Gasteiger partial charge in [0.25, 0.3) is 0 Å². The van der Waals surface area contributed by atoms with E-state index < -0.39 is 0 Å². The van der Waals surface area contributed by atoms with Crippen LogP contribution in [0.3, 0.4) is 0 Å². The van der Waals surface area contributed by atoms with Gasteiger partial charge in [0, 0.05) is 32.8 Å². The predicted molar refractivity (Wildman–Crippen MR) is 54.7 cm³/mol. The molecule has 3 nitrogen and oxygen atoms in total. The maximum absolute atomic E-state index is 5.55. The zero-order valence-corrected chi connectivity index (χ0v) is 8.46. The van der Waals surface area contributed by atoms with Crippen LogP contribution >= 0.6 is 0 Å². The van der Waals surface area contributed by atoms with Gasteiger partial charge >= 0.3 is 0 Å². The molecule has 0 amide bonds. The van der Waals surface area contributed by atoms with Crippen LogP contribution in [-0.2, 0) is 4.74 Å². The molecule has 0 bridgehead atoms. The lowest BCUT2D eigenvalue weighted by Crippen LogP contribution is -2.33. The molecule has 1 heterocycles. The van der Waals surface area contributed by atoms with Crippen molar-refractivity contribution in [2.45, 2.75) is 19.4 Å². The van der Waals surface area contributed by atoms with Crippen molar-refractivity contribution in [3.05, 3.63) is 12.2 Å². The lowest BCUT2D eigenvalue weighted by atomic mass is 10.2. The van der Waals surface area contributed by atoms with Crippen LogP contribution in [0.15, 0.2) is 12.2 Å². The quantitative estimate of drug-likeness (QED) is 0.653. The summed E-state index contributed by atoms with van der Waals surface area (Å²) in [5.74, 6) is 0. The SMILES string of the molecule is C=C(CN)CN1CCCOC(C)C1. The first kappa shape index (κ1) is 10.7. The van der Waals surface area contributed by atoms with Crippen molar-refractivity contribution < 1.29 is 4.74 Å². The Hall–Kier alpha value is -0.380. The molecular weight excluding hydrogens is 164 g/mol. The highest BCUT2D eigenvalue weighted by molar-refractivity contribution is 4.98. The molecule has 13 heavy (non-hydrogen) atoms. The second kappa shape index (κ2) is 5.37. The maximum atomic E-state index is 5.55. The van der Waals surface area contributed by atoms with Gasteiger partial charge in [-0.25, -0.2) is 0 Å². The van der Waals surface area contributed by atoms with Crippen LogP contribution in [0.25, 0.3) is 0 Å². The third-order valence-electron chi connectivity index (χ3n) is 2.27. The van der Waals surface area contributed by atoms with Crippen LogP contribution in [0.1, 0.15) is 13.3 Å². The molecule has 1 fully saturated rings. The van der Waals surface area contributed by atoms with E-state index in [1.165, 1.54) is 0 Å². The highest BCUT2D eigenvalue weighted by Crippen LogP contribution is 2.06. The summed E-state index contributed by atoms with van der Waals surface area (Å²) in [6.07, 6.45) is 1.45. The molecular formula is C10H20N2O. The second-order valence-corrected chi connectivity index (χ2v) is 3.72. The lowest BCUT2D eigenvalue weighted by Gasteiger charge is -2.22. The van der Waals surface area contributed by atoms with Gasteiger partial charge in [0.1, 0.15) is 0 Å². The van der Waals surface area contributed by atoms with Gasteiger partial charge in [-0.15, -0.1) is 0 Å². The van der Waals surface area contributed by atoms with E-state index in [1.54, 1.807) is 0 Å². The van der Waals surface area contributed by atoms with Crippen LogP contribution in [0.4, 0.5) is 0 Å². The zero-order valence-electron chi connectivity index (χ0n) is 8.46. The van der Waals surface area contributed by atoms with Gasteiger partial charge in [0.15, 0.2) is 0 Å². The van der Waals surface area contributed by atoms with Crippen molar-refractivity contribution in [1.29, 1.82) is 0 Å². The number of nitrogens with zero attached hydrogens (tertiary/aromatic N) is 1. The van der Waals surface area contributed by atoms with E-state index in [9.17, 15) is 0 Å². The minimum Gasteiger partial charge on any atom is -0.377 e. The Kier molecular flexibility index (Phi) is 4.42. The molecule has 0 aromatic carbocycles.